The van der Waals surface area contributed by atoms with Crippen molar-refractivity contribution in [3.05, 3.63) is 56.4 Å². The molecule has 0 unspecified atom stereocenters. The van der Waals surface area contributed by atoms with Gasteiger partial charge in [-0.2, -0.15) is 0 Å². The number of aryl methyl sites for hydroxylation is 1. The molecule has 1 aliphatic heterocycles. The molecule has 26 heavy (non-hydrogen) atoms. The van der Waals surface area contributed by atoms with Crippen molar-refractivity contribution in [3.63, 3.8) is 0 Å². The van der Waals surface area contributed by atoms with Crippen LogP contribution in [0, 0.1) is 6.92 Å². The van der Waals surface area contributed by atoms with Gasteiger partial charge in [-0.1, -0.05) is 19.1 Å². The number of nitrogen functional groups attached to an aromatic ring is 1. The number of benzene rings is 1. The quantitative estimate of drug-likeness (QED) is 0.714. The van der Waals surface area contributed by atoms with Crippen molar-refractivity contribution >= 4 is 21.6 Å². The van der Waals surface area contributed by atoms with Crippen LogP contribution in [-0.4, -0.2) is 27.6 Å². The topological polar surface area (TPSA) is 73.4 Å². The van der Waals surface area contributed by atoms with Crippen molar-refractivity contribution in [2.75, 3.05) is 18.9 Å². The largest absolute Gasteiger partial charge is 0.486 e. The number of aromatic nitrogens is 2. The predicted octanol–water partition coefficient (Wildman–Crippen LogP) is 2.44. The highest BCUT2D eigenvalue weighted by Crippen LogP contribution is 2.32. The second-order valence-corrected chi connectivity index (χ2v) is 7.69. The van der Waals surface area contributed by atoms with E-state index in [1.165, 1.54) is 4.88 Å². The van der Waals surface area contributed by atoms with Crippen molar-refractivity contribution in [2.45, 2.75) is 33.4 Å². The molecule has 1 aromatic carbocycles. The number of ether oxygens (including phenoxy) is 1. The van der Waals surface area contributed by atoms with Crippen molar-refractivity contribution in [2.24, 2.45) is 0 Å². The van der Waals surface area contributed by atoms with E-state index in [0.29, 0.717) is 11.2 Å². The van der Waals surface area contributed by atoms with Crippen LogP contribution in [0.4, 0.5) is 0 Å². The SMILES string of the molecule is CCN1CCc2c(sc3nc(COc4cccc(C)c4)n(N)c(=O)c23)C1. The van der Waals surface area contributed by atoms with Gasteiger partial charge >= 0.3 is 0 Å². The van der Waals surface area contributed by atoms with Crippen molar-refractivity contribution < 1.29 is 4.74 Å². The number of thiophene rings is 1. The van der Waals surface area contributed by atoms with Gasteiger partial charge in [0.15, 0.2) is 5.82 Å². The molecular weight excluding hydrogens is 348 g/mol. The maximum absolute atomic E-state index is 12.8. The number of rotatable bonds is 4. The zero-order valence-corrected chi connectivity index (χ0v) is 15.8. The molecule has 0 saturated carbocycles. The standard InChI is InChI=1S/C19H22N4O2S/c1-3-22-8-7-14-15(10-22)26-18-17(14)19(24)23(20)16(21-18)11-25-13-6-4-5-12(2)9-13/h4-6,9H,3,7-8,10-11,20H2,1-2H3. The van der Waals surface area contributed by atoms with Gasteiger partial charge in [-0.25, -0.2) is 9.66 Å². The Hall–Kier alpha value is -2.38. The summed E-state index contributed by atoms with van der Waals surface area (Å²) in [5, 5.41) is 0.683. The molecule has 3 heterocycles. The highest BCUT2D eigenvalue weighted by molar-refractivity contribution is 7.18. The number of nitrogens with two attached hydrogens (primary N) is 1. The lowest BCUT2D eigenvalue weighted by atomic mass is 10.1. The molecule has 2 aromatic heterocycles. The minimum atomic E-state index is -0.180. The van der Waals surface area contributed by atoms with Gasteiger partial charge in [0.25, 0.3) is 5.56 Å². The predicted molar refractivity (Wildman–Crippen MR) is 104 cm³/mol. The molecule has 6 nitrogen and oxygen atoms in total. The first-order chi connectivity index (χ1) is 12.6. The van der Waals surface area contributed by atoms with Gasteiger partial charge in [-0.15, -0.1) is 11.3 Å². The van der Waals surface area contributed by atoms with Gasteiger partial charge in [-0.05, 0) is 43.1 Å². The van der Waals surface area contributed by atoms with Gasteiger partial charge in [0.2, 0.25) is 0 Å². The summed E-state index contributed by atoms with van der Waals surface area (Å²) < 4.78 is 6.92. The molecule has 0 bridgehead atoms. The van der Waals surface area contributed by atoms with E-state index in [2.05, 4.69) is 16.8 Å². The van der Waals surface area contributed by atoms with Crippen LogP contribution in [0.25, 0.3) is 10.2 Å². The fourth-order valence-electron chi connectivity index (χ4n) is 3.37. The molecule has 0 spiro atoms. The Morgan fingerprint density at radius 3 is 3.00 bits per heavy atom. The third kappa shape index (κ3) is 2.97. The summed E-state index contributed by atoms with van der Waals surface area (Å²) in [7, 11) is 0. The Labute approximate surface area is 155 Å². The lowest BCUT2D eigenvalue weighted by molar-refractivity contribution is 0.272. The van der Waals surface area contributed by atoms with Crippen LogP contribution < -0.4 is 16.1 Å². The molecule has 0 radical (unpaired) electrons. The minimum Gasteiger partial charge on any atom is -0.486 e. The van der Waals surface area contributed by atoms with Gasteiger partial charge in [-0.3, -0.25) is 9.69 Å². The van der Waals surface area contributed by atoms with E-state index < -0.39 is 0 Å². The van der Waals surface area contributed by atoms with Crippen molar-refractivity contribution in [3.8, 4) is 5.75 Å². The maximum atomic E-state index is 12.8. The van der Waals surface area contributed by atoms with E-state index in [1.54, 1.807) is 11.3 Å². The molecule has 0 saturated heterocycles. The van der Waals surface area contributed by atoms with Crippen molar-refractivity contribution in [1.82, 2.24) is 14.6 Å². The Kier molecular flexibility index (Phi) is 4.42. The molecule has 1 aliphatic rings. The molecular formula is C19H22N4O2S. The average Bonchev–Trinajstić information content (AvgIpc) is 3.01. The summed E-state index contributed by atoms with van der Waals surface area (Å²) >= 11 is 1.60. The number of likely N-dealkylation sites (N-methyl/N-ethyl adjacent to an activating group) is 1. The lowest BCUT2D eigenvalue weighted by Gasteiger charge is -2.24. The van der Waals surface area contributed by atoms with Crippen LogP contribution in [0.2, 0.25) is 0 Å². The third-order valence-electron chi connectivity index (χ3n) is 4.86. The Morgan fingerprint density at radius 2 is 2.23 bits per heavy atom. The van der Waals surface area contributed by atoms with Gasteiger partial charge < -0.3 is 10.6 Å². The summed E-state index contributed by atoms with van der Waals surface area (Å²) in [5.41, 5.74) is 2.06. The zero-order valence-electron chi connectivity index (χ0n) is 15.0. The normalized spacial score (nSPS) is 14.5. The van der Waals surface area contributed by atoms with E-state index in [-0.39, 0.29) is 12.2 Å². The van der Waals surface area contributed by atoms with Crippen molar-refractivity contribution in [1.29, 1.82) is 0 Å². The monoisotopic (exact) mass is 370 g/mol. The van der Waals surface area contributed by atoms with Crippen LogP contribution in [0.3, 0.4) is 0 Å². The Morgan fingerprint density at radius 1 is 1.38 bits per heavy atom. The third-order valence-corrected chi connectivity index (χ3v) is 5.97. The molecule has 0 aliphatic carbocycles. The molecule has 0 amide bonds. The second-order valence-electron chi connectivity index (χ2n) is 6.61. The fourth-order valence-corrected chi connectivity index (χ4v) is 4.65. The van der Waals surface area contributed by atoms with E-state index in [9.17, 15) is 4.79 Å². The smallest absolute Gasteiger partial charge is 0.281 e. The molecule has 136 valence electrons. The van der Waals surface area contributed by atoms with Gasteiger partial charge in [0, 0.05) is 18.0 Å². The molecule has 4 rings (SSSR count). The summed E-state index contributed by atoms with van der Waals surface area (Å²) in [6.07, 6.45) is 0.874. The molecule has 7 heteroatoms. The zero-order chi connectivity index (χ0) is 18.3. The van der Waals surface area contributed by atoms with E-state index in [4.69, 9.17) is 10.6 Å². The first kappa shape index (κ1) is 17.1. The summed E-state index contributed by atoms with van der Waals surface area (Å²) in [5.74, 6) is 7.22. The summed E-state index contributed by atoms with van der Waals surface area (Å²) in [4.78, 5) is 21.8. The Balaban J connectivity index is 1.69. The fraction of sp³-hybridized carbons (Fsp3) is 0.368. The first-order valence-electron chi connectivity index (χ1n) is 8.80. The van der Waals surface area contributed by atoms with Crippen LogP contribution in [-0.2, 0) is 19.6 Å². The van der Waals surface area contributed by atoms with E-state index in [0.717, 1.165) is 52.4 Å². The highest BCUT2D eigenvalue weighted by atomic mass is 32.1. The first-order valence-corrected chi connectivity index (χ1v) is 9.61. The lowest BCUT2D eigenvalue weighted by Crippen LogP contribution is -2.33. The average molecular weight is 370 g/mol. The van der Waals surface area contributed by atoms with Crippen LogP contribution in [0.1, 0.15) is 28.8 Å². The van der Waals surface area contributed by atoms with Crippen LogP contribution in [0.5, 0.6) is 5.75 Å². The maximum Gasteiger partial charge on any atom is 0.281 e. The summed E-state index contributed by atoms with van der Waals surface area (Å²) in [6.45, 7) is 7.19. The van der Waals surface area contributed by atoms with Gasteiger partial charge in [0.1, 0.15) is 17.2 Å². The number of hydrogen-bond donors (Lipinski definition) is 1. The van der Waals surface area contributed by atoms with E-state index in [1.807, 2.05) is 31.2 Å². The minimum absolute atomic E-state index is 0.161. The van der Waals surface area contributed by atoms with Gasteiger partial charge in [0.05, 0.1) is 5.39 Å². The van der Waals surface area contributed by atoms with Crippen LogP contribution >= 0.6 is 11.3 Å². The van der Waals surface area contributed by atoms with Crippen LogP contribution in [0.15, 0.2) is 29.1 Å². The number of hydrogen-bond acceptors (Lipinski definition) is 6. The second kappa shape index (κ2) is 6.74. The summed E-state index contributed by atoms with van der Waals surface area (Å²) in [6, 6.07) is 7.77. The van der Waals surface area contributed by atoms with E-state index >= 15 is 0 Å². The Bertz CT molecular complexity index is 1020. The number of fused-ring (bicyclic) bond motifs is 3. The molecule has 0 fully saturated rings. The molecule has 0 atom stereocenters. The molecule has 2 N–H and O–H groups in total. The number of nitrogens with zero attached hydrogens (tertiary/aromatic N) is 3. The highest BCUT2D eigenvalue weighted by Gasteiger charge is 2.24. The molecule has 3 aromatic rings.